The Morgan fingerprint density at radius 3 is 2.18 bits per heavy atom. The maximum absolute atomic E-state index is 5.25. The Morgan fingerprint density at radius 2 is 1.26 bits per heavy atom. The summed E-state index contributed by atoms with van der Waals surface area (Å²) < 4.78 is 5.07. The van der Waals surface area contributed by atoms with Gasteiger partial charge in [0.2, 0.25) is 0 Å². The first-order valence-electron chi connectivity index (χ1n) is 16.8. The van der Waals surface area contributed by atoms with Crippen LogP contribution >= 0.6 is 11.3 Å². The van der Waals surface area contributed by atoms with E-state index < -0.39 is 0 Å². The van der Waals surface area contributed by atoms with E-state index >= 15 is 0 Å². The van der Waals surface area contributed by atoms with Crippen molar-refractivity contribution in [3.63, 3.8) is 0 Å². The Hall–Kier alpha value is -6.43. The number of thiophene rings is 1. The predicted molar refractivity (Wildman–Crippen MR) is 210 cm³/mol. The van der Waals surface area contributed by atoms with Crippen molar-refractivity contribution in [1.29, 1.82) is 0 Å². The van der Waals surface area contributed by atoms with Gasteiger partial charge < -0.3 is 4.57 Å². The molecule has 0 aliphatic carbocycles. The lowest BCUT2D eigenvalue weighted by molar-refractivity contribution is 1.16. The van der Waals surface area contributed by atoms with E-state index in [1.165, 1.54) is 63.5 Å². The van der Waals surface area contributed by atoms with Crippen LogP contribution in [-0.2, 0) is 0 Å². The minimum Gasteiger partial charge on any atom is -0.309 e. The monoisotopic (exact) mass is 654 g/mol. The summed E-state index contributed by atoms with van der Waals surface area (Å²) in [4.78, 5) is 15.0. The highest BCUT2D eigenvalue weighted by molar-refractivity contribution is 7.27. The number of para-hydroxylation sites is 1. The Balaban J connectivity index is 1.19. The van der Waals surface area contributed by atoms with E-state index in [1.54, 1.807) is 6.20 Å². The molecule has 0 saturated heterocycles. The summed E-state index contributed by atoms with van der Waals surface area (Å²) in [6.07, 6.45) is 1.80. The summed E-state index contributed by atoms with van der Waals surface area (Å²) in [6, 6.07) is 54.1. The second-order valence-corrected chi connectivity index (χ2v) is 13.9. The third kappa shape index (κ3) is 3.95. The normalized spacial score (nSPS) is 12.0. The van der Waals surface area contributed by atoms with Gasteiger partial charge in [0.15, 0.2) is 11.5 Å². The lowest BCUT2D eigenvalue weighted by Crippen LogP contribution is -1.99. The molecule has 11 aromatic rings. The van der Waals surface area contributed by atoms with E-state index in [9.17, 15) is 0 Å². The largest absolute Gasteiger partial charge is 0.309 e. The van der Waals surface area contributed by atoms with Crippen LogP contribution in [0.2, 0.25) is 0 Å². The molecule has 0 saturated carbocycles. The summed E-state index contributed by atoms with van der Waals surface area (Å²) in [7, 11) is 0. The molecule has 0 fully saturated rings. The van der Waals surface area contributed by atoms with Gasteiger partial charge in [0.25, 0.3) is 0 Å². The smallest absolute Gasteiger partial charge is 0.163 e. The molecule has 0 bridgehead atoms. The SMILES string of the molecule is c1cc(-c2nc(-c3ccc4ccccc4c3)c3cccnc3n2)cc(-n2c3ccccc3c3c4sc5ccccc5c4c4ccccc4c32)c1. The summed E-state index contributed by atoms with van der Waals surface area (Å²) >= 11 is 1.89. The highest BCUT2D eigenvalue weighted by atomic mass is 32.1. The summed E-state index contributed by atoms with van der Waals surface area (Å²) in [5.74, 6) is 0.652. The molecule has 0 aliphatic heterocycles. The van der Waals surface area contributed by atoms with Crippen LogP contribution in [0.1, 0.15) is 0 Å². The molecule has 4 nitrogen and oxygen atoms in total. The maximum atomic E-state index is 5.25. The van der Waals surface area contributed by atoms with Crippen LogP contribution in [0.5, 0.6) is 0 Å². The lowest BCUT2D eigenvalue weighted by Gasteiger charge is -2.13. The third-order valence-corrected chi connectivity index (χ3v) is 11.2. The Morgan fingerprint density at radius 1 is 0.500 bits per heavy atom. The summed E-state index contributed by atoms with van der Waals surface area (Å²) in [5, 5.41) is 11.0. The van der Waals surface area contributed by atoms with E-state index in [0.29, 0.717) is 11.5 Å². The standard InChI is InChI=1S/C45H26N4S/c1-2-12-28-25-29(23-22-27(28)11-1)41-36-19-10-24-46-45(36)48-44(47-41)30-13-9-14-31(26-30)49-37-20-7-5-17-34(37)40-42(49)33-16-4-3-15-32(33)39-35-18-6-8-21-38(35)50-43(39)40/h1-26H. The van der Waals surface area contributed by atoms with Gasteiger partial charge in [-0.05, 0) is 58.6 Å². The van der Waals surface area contributed by atoms with Crippen molar-refractivity contribution in [2.45, 2.75) is 0 Å². The van der Waals surface area contributed by atoms with E-state index in [1.807, 2.05) is 17.4 Å². The molecule has 5 heteroatoms. The van der Waals surface area contributed by atoms with Crippen LogP contribution in [0.15, 0.2) is 158 Å². The Bertz CT molecular complexity index is 3170. The van der Waals surface area contributed by atoms with Crippen molar-refractivity contribution in [2.24, 2.45) is 0 Å². The zero-order valence-electron chi connectivity index (χ0n) is 26.7. The molecular weight excluding hydrogens is 629 g/mol. The van der Waals surface area contributed by atoms with Crippen molar-refractivity contribution in [3.05, 3.63) is 158 Å². The fourth-order valence-electron chi connectivity index (χ4n) is 7.82. The molecule has 0 amide bonds. The van der Waals surface area contributed by atoms with Gasteiger partial charge >= 0.3 is 0 Å². The number of aromatic nitrogens is 4. The van der Waals surface area contributed by atoms with Gasteiger partial charge in [0.1, 0.15) is 0 Å². The van der Waals surface area contributed by atoms with E-state index in [4.69, 9.17) is 15.0 Å². The highest BCUT2D eigenvalue weighted by Crippen LogP contribution is 2.48. The van der Waals surface area contributed by atoms with Gasteiger partial charge in [-0.3, -0.25) is 0 Å². The van der Waals surface area contributed by atoms with Crippen molar-refractivity contribution >= 4 is 85.9 Å². The molecule has 232 valence electrons. The Labute approximate surface area is 290 Å². The topological polar surface area (TPSA) is 43.6 Å². The number of fused-ring (bicyclic) bond motifs is 12. The molecule has 4 aromatic heterocycles. The molecule has 0 radical (unpaired) electrons. The van der Waals surface area contributed by atoms with Gasteiger partial charge in [0, 0.05) is 64.7 Å². The first-order chi connectivity index (χ1) is 24.8. The van der Waals surface area contributed by atoms with E-state index in [2.05, 4.69) is 150 Å². The number of hydrogen-bond acceptors (Lipinski definition) is 4. The fourth-order valence-corrected chi connectivity index (χ4v) is 9.10. The molecule has 0 unspecified atom stereocenters. The van der Waals surface area contributed by atoms with Crippen LogP contribution in [0.3, 0.4) is 0 Å². The maximum Gasteiger partial charge on any atom is 0.163 e. The molecule has 11 rings (SSSR count). The predicted octanol–water partition coefficient (Wildman–Crippen LogP) is 12.1. The fraction of sp³-hybridized carbons (Fsp3) is 0. The molecule has 4 heterocycles. The van der Waals surface area contributed by atoms with Crippen LogP contribution < -0.4 is 0 Å². The molecule has 0 N–H and O–H groups in total. The molecule has 0 atom stereocenters. The zero-order valence-corrected chi connectivity index (χ0v) is 27.5. The lowest BCUT2D eigenvalue weighted by atomic mass is 9.99. The minimum atomic E-state index is 0.652. The average Bonchev–Trinajstić information content (AvgIpc) is 3.74. The first kappa shape index (κ1) is 27.5. The number of nitrogens with zero attached hydrogens (tertiary/aromatic N) is 4. The second kappa shape index (κ2) is 10.5. The number of hydrogen-bond donors (Lipinski definition) is 0. The second-order valence-electron chi connectivity index (χ2n) is 12.8. The van der Waals surface area contributed by atoms with Crippen LogP contribution in [0, 0.1) is 0 Å². The third-order valence-electron chi connectivity index (χ3n) is 10.0. The van der Waals surface area contributed by atoms with Crippen LogP contribution in [-0.4, -0.2) is 19.5 Å². The van der Waals surface area contributed by atoms with E-state index in [0.717, 1.165) is 27.9 Å². The van der Waals surface area contributed by atoms with Gasteiger partial charge in [-0.1, -0.05) is 109 Å². The first-order valence-corrected chi connectivity index (χ1v) is 17.6. The summed E-state index contributed by atoms with van der Waals surface area (Å²) in [6.45, 7) is 0. The van der Waals surface area contributed by atoms with Crippen LogP contribution in [0.4, 0.5) is 0 Å². The molecule has 0 aliphatic rings. The average molecular weight is 655 g/mol. The molecule has 50 heavy (non-hydrogen) atoms. The zero-order chi connectivity index (χ0) is 32.8. The van der Waals surface area contributed by atoms with Gasteiger partial charge in [-0.25, -0.2) is 15.0 Å². The molecule has 7 aromatic carbocycles. The van der Waals surface area contributed by atoms with Gasteiger partial charge in [-0.15, -0.1) is 11.3 Å². The Kier molecular flexibility index (Phi) is 5.80. The number of pyridine rings is 1. The van der Waals surface area contributed by atoms with Crippen molar-refractivity contribution in [1.82, 2.24) is 19.5 Å². The van der Waals surface area contributed by atoms with Gasteiger partial charge in [-0.2, -0.15) is 0 Å². The van der Waals surface area contributed by atoms with Crippen LogP contribution in [0.25, 0.3) is 103 Å². The van der Waals surface area contributed by atoms with Crippen molar-refractivity contribution in [3.8, 4) is 28.3 Å². The molecule has 0 spiro atoms. The number of benzene rings is 7. The highest BCUT2D eigenvalue weighted by Gasteiger charge is 2.22. The molecular formula is C45H26N4S. The minimum absolute atomic E-state index is 0.652. The van der Waals surface area contributed by atoms with E-state index in [-0.39, 0.29) is 0 Å². The summed E-state index contributed by atoms with van der Waals surface area (Å²) in [5.41, 5.74) is 7.00. The quantitative estimate of drug-likeness (QED) is 0.190. The number of rotatable bonds is 3. The van der Waals surface area contributed by atoms with Crippen molar-refractivity contribution in [2.75, 3.05) is 0 Å². The van der Waals surface area contributed by atoms with Crippen molar-refractivity contribution < 1.29 is 0 Å². The van der Waals surface area contributed by atoms with Gasteiger partial charge in [0.05, 0.1) is 16.7 Å².